The van der Waals surface area contributed by atoms with E-state index >= 15 is 0 Å². The van der Waals surface area contributed by atoms with Crippen LogP contribution in [0, 0.1) is 0 Å². The summed E-state index contributed by atoms with van der Waals surface area (Å²) in [7, 11) is 0. The zero-order valence-electron chi connectivity index (χ0n) is 7.97. The number of ether oxygens (including phenoxy) is 1. The summed E-state index contributed by atoms with van der Waals surface area (Å²) in [6.07, 6.45) is -4.68. The first-order valence-electron chi connectivity index (χ1n) is 4.25. The molecule has 0 aromatic heterocycles. The van der Waals surface area contributed by atoms with Crippen molar-refractivity contribution in [1.82, 2.24) is 0 Å². The molecular weight excluding hydrogens is 211 g/mol. The molecule has 0 atom stereocenters. The molecule has 0 fully saturated rings. The van der Waals surface area contributed by atoms with Crippen molar-refractivity contribution in [2.24, 2.45) is 0 Å². The van der Waals surface area contributed by atoms with Crippen molar-refractivity contribution in [2.45, 2.75) is 13.3 Å². The van der Waals surface area contributed by atoms with Crippen molar-refractivity contribution >= 4 is 5.69 Å². The van der Waals surface area contributed by atoms with E-state index < -0.39 is 6.36 Å². The van der Waals surface area contributed by atoms with Crippen molar-refractivity contribution < 1.29 is 22.7 Å². The Labute approximate surface area is 84.8 Å². The van der Waals surface area contributed by atoms with Gasteiger partial charge < -0.3 is 4.74 Å². The van der Waals surface area contributed by atoms with Crippen molar-refractivity contribution in [3.05, 3.63) is 24.3 Å². The Morgan fingerprint density at radius 1 is 1.33 bits per heavy atom. The molecule has 0 saturated carbocycles. The fourth-order valence-corrected chi connectivity index (χ4v) is 0.912. The van der Waals surface area contributed by atoms with Gasteiger partial charge in [-0.05, 0) is 19.1 Å². The van der Waals surface area contributed by atoms with Crippen LogP contribution in [-0.4, -0.2) is 13.0 Å². The first-order chi connectivity index (χ1) is 7.01. The molecule has 0 aliphatic carbocycles. The number of hydrogen-bond donors (Lipinski definition) is 1. The molecule has 6 heteroatoms. The lowest BCUT2D eigenvalue weighted by molar-refractivity contribution is -0.274. The average Bonchev–Trinajstić information content (AvgIpc) is 2.12. The van der Waals surface area contributed by atoms with E-state index in [1.165, 1.54) is 18.2 Å². The van der Waals surface area contributed by atoms with Gasteiger partial charge >= 0.3 is 6.36 Å². The summed E-state index contributed by atoms with van der Waals surface area (Å²) in [5.41, 5.74) is 2.87. The summed E-state index contributed by atoms with van der Waals surface area (Å²) in [4.78, 5) is 4.82. The van der Waals surface area contributed by atoms with E-state index in [0.717, 1.165) is 0 Å². The maximum absolute atomic E-state index is 11.9. The second-order valence-electron chi connectivity index (χ2n) is 2.61. The fraction of sp³-hybridized carbons (Fsp3) is 0.333. The molecule has 1 rings (SSSR count). The molecule has 0 aliphatic rings. The number of anilines is 1. The molecular formula is C9H10F3NO2. The highest BCUT2D eigenvalue weighted by Gasteiger charge is 2.31. The molecule has 3 nitrogen and oxygen atoms in total. The fourth-order valence-electron chi connectivity index (χ4n) is 0.912. The van der Waals surface area contributed by atoms with Gasteiger partial charge in [0.2, 0.25) is 0 Å². The molecule has 15 heavy (non-hydrogen) atoms. The number of benzene rings is 1. The largest absolute Gasteiger partial charge is 0.573 e. The Balaban J connectivity index is 2.66. The number of rotatable bonds is 4. The van der Waals surface area contributed by atoms with Gasteiger partial charge in [0.15, 0.2) is 0 Å². The summed E-state index contributed by atoms with van der Waals surface area (Å²) in [6, 6.07) is 5.41. The summed E-state index contributed by atoms with van der Waals surface area (Å²) in [5, 5.41) is 0. The van der Waals surface area contributed by atoms with E-state index in [1.54, 1.807) is 13.0 Å². The zero-order chi connectivity index (χ0) is 11.3. The van der Waals surface area contributed by atoms with Gasteiger partial charge in [0, 0.05) is 6.07 Å². The first kappa shape index (κ1) is 11.6. The molecule has 0 saturated heterocycles. The minimum absolute atomic E-state index is 0.285. The summed E-state index contributed by atoms with van der Waals surface area (Å²) < 4.78 is 39.3. The minimum Gasteiger partial charge on any atom is -0.406 e. The third kappa shape index (κ3) is 4.55. The number of alkyl halides is 3. The predicted molar refractivity (Wildman–Crippen MR) is 48.4 cm³/mol. The van der Waals surface area contributed by atoms with Gasteiger partial charge in [0.1, 0.15) is 5.75 Å². The smallest absolute Gasteiger partial charge is 0.406 e. The highest BCUT2D eigenvalue weighted by molar-refractivity contribution is 5.46. The van der Waals surface area contributed by atoms with Gasteiger partial charge in [0.05, 0.1) is 12.3 Å². The summed E-state index contributed by atoms with van der Waals surface area (Å²) in [6.45, 7) is 2.16. The Morgan fingerprint density at radius 3 is 2.67 bits per heavy atom. The van der Waals surface area contributed by atoms with Gasteiger partial charge in [-0.15, -0.1) is 13.2 Å². The van der Waals surface area contributed by atoms with E-state index in [-0.39, 0.29) is 5.75 Å². The van der Waals surface area contributed by atoms with E-state index in [9.17, 15) is 13.2 Å². The highest BCUT2D eigenvalue weighted by atomic mass is 19.4. The molecule has 0 unspecified atom stereocenters. The number of hydrogen-bond acceptors (Lipinski definition) is 3. The van der Waals surface area contributed by atoms with Crippen LogP contribution >= 0.6 is 0 Å². The van der Waals surface area contributed by atoms with E-state index in [2.05, 4.69) is 10.2 Å². The lowest BCUT2D eigenvalue weighted by Crippen LogP contribution is -2.17. The van der Waals surface area contributed by atoms with Gasteiger partial charge in [-0.2, -0.15) is 0 Å². The topological polar surface area (TPSA) is 30.5 Å². The summed E-state index contributed by atoms with van der Waals surface area (Å²) >= 11 is 0. The summed E-state index contributed by atoms with van der Waals surface area (Å²) in [5.74, 6) is -0.285. The average molecular weight is 221 g/mol. The van der Waals surface area contributed by atoms with Crippen LogP contribution in [0.5, 0.6) is 5.75 Å². The monoisotopic (exact) mass is 221 g/mol. The van der Waals surface area contributed by atoms with Gasteiger partial charge in [-0.25, -0.2) is 0 Å². The van der Waals surface area contributed by atoms with Gasteiger partial charge in [0.25, 0.3) is 0 Å². The zero-order valence-corrected chi connectivity index (χ0v) is 7.97. The molecule has 1 aromatic carbocycles. The van der Waals surface area contributed by atoms with Crippen LogP contribution in [0.25, 0.3) is 0 Å². The van der Waals surface area contributed by atoms with Crippen LogP contribution in [0.1, 0.15) is 6.92 Å². The van der Waals surface area contributed by atoms with Crippen molar-refractivity contribution in [1.29, 1.82) is 0 Å². The Morgan fingerprint density at radius 2 is 2.07 bits per heavy atom. The van der Waals surface area contributed by atoms with E-state index in [0.29, 0.717) is 12.3 Å². The Hall–Kier alpha value is -1.43. The maximum atomic E-state index is 11.9. The molecule has 1 N–H and O–H groups in total. The maximum Gasteiger partial charge on any atom is 0.573 e. The van der Waals surface area contributed by atoms with Crippen LogP contribution in [-0.2, 0) is 4.84 Å². The van der Waals surface area contributed by atoms with Gasteiger partial charge in [-0.3, -0.25) is 10.3 Å². The van der Waals surface area contributed by atoms with E-state index in [4.69, 9.17) is 4.84 Å². The normalized spacial score (nSPS) is 11.2. The minimum atomic E-state index is -4.68. The molecule has 0 heterocycles. The molecule has 0 radical (unpaired) electrons. The quantitative estimate of drug-likeness (QED) is 0.793. The van der Waals surface area contributed by atoms with Crippen molar-refractivity contribution in [2.75, 3.05) is 12.1 Å². The SMILES string of the molecule is CCONc1cccc(OC(F)(F)F)c1. The lowest BCUT2D eigenvalue weighted by atomic mass is 10.3. The third-order valence-electron chi connectivity index (χ3n) is 1.40. The molecule has 0 bridgehead atoms. The number of nitrogens with one attached hydrogen (secondary N) is 1. The van der Waals surface area contributed by atoms with Crippen LogP contribution < -0.4 is 10.2 Å². The molecule has 84 valence electrons. The first-order valence-corrected chi connectivity index (χ1v) is 4.25. The van der Waals surface area contributed by atoms with Crippen LogP contribution in [0.2, 0.25) is 0 Å². The highest BCUT2D eigenvalue weighted by Crippen LogP contribution is 2.24. The van der Waals surface area contributed by atoms with Crippen molar-refractivity contribution in [3.63, 3.8) is 0 Å². The van der Waals surface area contributed by atoms with Crippen LogP contribution in [0.3, 0.4) is 0 Å². The van der Waals surface area contributed by atoms with Gasteiger partial charge in [-0.1, -0.05) is 6.07 Å². The second-order valence-corrected chi connectivity index (χ2v) is 2.61. The van der Waals surface area contributed by atoms with E-state index in [1.807, 2.05) is 0 Å². The molecule has 0 aliphatic heterocycles. The predicted octanol–water partition coefficient (Wildman–Crippen LogP) is 2.95. The van der Waals surface area contributed by atoms with Crippen LogP contribution in [0.4, 0.5) is 18.9 Å². The molecule has 0 amide bonds. The standard InChI is InChI=1S/C9H10F3NO2/c1-2-14-13-7-4-3-5-8(6-7)15-9(10,11)12/h3-6,13H,2H2,1H3. The molecule has 0 spiro atoms. The lowest BCUT2D eigenvalue weighted by Gasteiger charge is -2.10. The Bertz CT molecular complexity index is 314. The number of halogens is 3. The van der Waals surface area contributed by atoms with Crippen molar-refractivity contribution in [3.8, 4) is 5.75 Å². The third-order valence-corrected chi connectivity index (χ3v) is 1.40. The van der Waals surface area contributed by atoms with Crippen LogP contribution in [0.15, 0.2) is 24.3 Å². The Kier molecular flexibility index (Phi) is 3.79. The molecule has 1 aromatic rings. The second kappa shape index (κ2) is 4.88.